The van der Waals surface area contributed by atoms with Crippen molar-refractivity contribution >= 4 is 90.5 Å². The van der Waals surface area contributed by atoms with Crippen molar-refractivity contribution in [3.8, 4) is 0 Å². The largest absolute Gasteiger partial charge is 0.456 e. The Kier molecular flexibility index (Phi) is 10.3. The molecule has 15 rings (SSSR count). The molecule has 0 bridgehead atoms. The number of fused-ring (bicyclic) bond motifs is 13. The first kappa shape index (κ1) is 50.9. The molecule has 0 amide bonds. The summed E-state index contributed by atoms with van der Waals surface area (Å²) in [6.07, 6.45) is 7.14. The molecule has 1 fully saturated rings. The summed E-state index contributed by atoms with van der Waals surface area (Å²) < 4.78 is 6.80. The molecule has 4 nitrogen and oxygen atoms in total. The van der Waals surface area contributed by atoms with E-state index in [9.17, 15) is 0 Å². The molecule has 9 aromatic rings. The van der Waals surface area contributed by atoms with Gasteiger partial charge in [0.15, 0.2) is 0 Å². The van der Waals surface area contributed by atoms with Crippen LogP contribution in [0.4, 0.5) is 45.5 Å². The summed E-state index contributed by atoms with van der Waals surface area (Å²) >= 11 is 0. The predicted molar refractivity (Wildman–Crippen MR) is 345 cm³/mol. The third-order valence-electron chi connectivity index (χ3n) is 22.2. The lowest BCUT2D eigenvalue weighted by Crippen LogP contribution is -2.62. The summed E-state index contributed by atoms with van der Waals surface area (Å²) in [6, 6.07) is 55.5. The minimum absolute atomic E-state index is 0.00772. The maximum atomic E-state index is 6.80. The van der Waals surface area contributed by atoms with Crippen molar-refractivity contribution in [1.82, 2.24) is 0 Å². The zero-order chi connectivity index (χ0) is 56.5. The molecular weight excluding hydrogens is 982 g/mol. The first-order valence-electron chi connectivity index (χ1n) is 30.5. The van der Waals surface area contributed by atoms with Gasteiger partial charge in [-0.15, -0.1) is 0 Å². The highest BCUT2D eigenvalue weighted by atomic mass is 16.3. The quantitative estimate of drug-likeness (QED) is 0.165. The Bertz CT molecular complexity index is 4220. The van der Waals surface area contributed by atoms with Gasteiger partial charge in [-0.1, -0.05) is 169 Å². The van der Waals surface area contributed by atoms with Crippen molar-refractivity contribution < 1.29 is 4.42 Å². The second-order valence-corrected chi connectivity index (χ2v) is 29.7. The van der Waals surface area contributed by atoms with Crippen LogP contribution in [0, 0.1) is 13.8 Å². The van der Waals surface area contributed by atoms with Crippen LogP contribution in [0.1, 0.15) is 184 Å². The van der Waals surface area contributed by atoms with E-state index in [4.69, 9.17) is 4.42 Å². The number of benzene rings is 8. The lowest BCUT2D eigenvalue weighted by atomic mass is 9.33. The van der Waals surface area contributed by atoms with Crippen molar-refractivity contribution in [2.45, 2.75) is 180 Å². The number of hydrogen-bond acceptors (Lipinski definition) is 4. The molecule has 408 valence electrons. The van der Waals surface area contributed by atoms with Crippen molar-refractivity contribution in [3.63, 3.8) is 0 Å². The third-order valence-corrected chi connectivity index (χ3v) is 22.2. The van der Waals surface area contributed by atoms with Crippen LogP contribution in [0.5, 0.6) is 0 Å². The number of para-hydroxylation sites is 1. The third kappa shape index (κ3) is 6.78. The Labute approximate surface area is 482 Å². The van der Waals surface area contributed by atoms with E-state index in [0.717, 1.165) is 40.5 Å². The smallest absolute Gasteiger partial charge is 0.252 e. The van der Waals surface area contributed by atoms with Crippen LogP contribution in [0.3, 0.4) is 0 Å². The van der Waals surface area contributed by atoms with Gasteiger partial charge in [0.25, 0.3) is 6.71 Å². The van der Waals surface area contributed by atoms with Crippen molar-refractivity contribution in [3.05, 3.63) is 195 Å². The lowest BCUT2D eigenvalue weighted by Gasteiger charge is -2.51. The number of anilines is 8. The number of aryl methyl sites for hydroxylation is 2. The van der Waals surface area contributed by atoms with Crippen molar-refractivity contribution in [2.24, 2.45) is 0 Å². The highest BCUT2D eigenvalue weighted by Gasteiger charge is 2.58. The van der Waals surface area contributed by atoms with E-state index >= 15 is 0 Å². The molecule has 0 radical (unpaired) electrons. The van der Waals surface area contributed by atoms with Gasteiger partial charge in [-0.05, 0) is 195 Å². The summed E-state index contributed by atoms with van der Waals surface area (Å²) in [5.41, 5.74) is 29.7. The molecule has 3 aliphatic heterocycles. The highest BCUT2D eigenvalue weighted by molar-refractivity contribution is 7.00. The fourth-order valence-electron chi connectivity index (χ4n) is 17.1. The van der Waals surface area contributed by atoms with E-state index in [2.05, 4.69) is 258 Å². The summed E-state index contributed by atoms with van der Waals surface area (Å²) in [7, 11) is 0. The Hall–Kier alpha value is -6.98. The van der Waals surface area contributed by atoms with Crippen molar-refractivity contribution in [1.29, 1.82) is 0 Å². The Balaban J connectivity index is 1.04. The fraction of sp³-hybridized carbons (Fsp3) is 0.368. The fourth-order valence-corrected chi connectivity index (χ4v) is 17.1. The minimum atomic E-state index is -0.234. The molecule has 3 aliphatic carbocycles. The number of hydrogen-bond donors (Lipinski definition) is 0. The molecule has 8 aromatic carbocycles. The second kappa shape index (κ2) is 16.4. The standard InChI is InChI=1S/C76H80BN3O/c1-45-36-65-69-66(37-45)79(62-43-55-54(38-46(62)2)71(6,7)34-35-72(55,8)9)64-44-57-56(73(10,11)52-23-17-18-24-53(52)74(57,12)13)42-60(64)77(69)59-30-28-49(40-63(59)78(65)48-27-29-51-50-22-16-19-25-67(50)81-68(51)41-48)80-61-31-26-47(70(3,4)5)39-58(61)75(14)32-20-21-33-76(75,80)15/h16-19,22-31,36-44H,20-21,32-35H2,1-15H3. The van der Waals surface area contributed by atoms with E-state index < -0.39 is 0 Å². The molecule has 81 heavy (non-hydrogen) atoms. The Morgan fingerprint density at radius 3 is 1.77 bits per heavy atom. The van der Waals surface area contributed by atoms with E-state index in [1.165, 1.54) is 138 Å². The summed E-state index contributed by atoms with van der Waals surface area (Å²) in [4.78, 5) is 8.15. The van der Waals surface area contributed by atoms with Gasteiger partial charge in [0.05, 0.1) is 5.54 Å². The van der Waals surface area contributed by atoms with Crippen LogP contribution in [-0.2, 0) is 32.5 Å². The lowest BCUT2D eigenvalue weighted by molar-refractivity contribution is 0.195. The Morgan fingerprint density at radius 1 is 0.444 bits per heavy atom. The van der Waals surface area contributed by atoms with Crippen molar-refractivity contribution in [2.75, 3.05) is 14.7 Å². The van der Waals surface area contributed by atoms with Crippen LogP contribution in [0.2, 0.25) is 0 Å². The maximum absolute atomic E-state index is 6.80. The van der Waals surface area contributed by atoms with Gasteiger partial charge in [0.1, 0.15) is 11.2 Å². The zero-order valence-corrected chi connectivity index (χ0v) is 50.8. The minimum Gasteiger partial charge on any atom is -0.456 e. The first-order valence-corrected chi connectivity index (χ1v) is 30.5. The highest BCUT2D eigenvalue weighted by Crippen LogP contribution is 2.62. The predicted octanol–water partition coefficient (Wildman–Crippen LogP) is 18.6. The molecule has 0 saturated heterocycles. The molecule has 4 heterocycles. The Morgan fingerprint density at radius 2 is 1.05 bits per heavy atom. The molecule has 2 atom stereocenters. The monoisotopic (exact) mass is 1060 g/mol. The van der Waals surface area contributed by atoms with E-state index in [1.54, 1.807) is 0 Å². The molecule has 1 saturated carbocycles. The molecule has 0 spiro atoms. The van der Waals surface area contributed by atoms with E-state index in [1.807, 2.05) is 0 Å². The van der Waals surface area contributed by atoms with E-state index in [-0.39, 0.29) is 44.7 Å². The van der Waals surface area contributed by atoms with Gasteiger partial charge in [0, 0.05) is 78.6 Å². The molecule has 0 N–H and O–H groups in total. The van der Waals surface area contributed by atoms with Gasteiger partial charge < -0.3 is 19.1 Å². The molecule has 2 unspecified atom stereocenters. The maximum Gasteiger partial charge on any atom is 0.252 e. The summed E-state index contributed by atoms with van der Waals surface area (Å²) in [5, 5.41) is 2.29. The average Bonchev–Trinajstić information content (AvgIpc) is 3.01. The SMILES string of the molecule is Cc1cc2c3c(c1)N(c1cc4c(cc1C)C(C)(C)CCC4(C)C)c1cc4c(cc1B3c1ccc(N3c5ccc(C(C)(C)C)cc5C5(C)CCCCC35C)cc1N2c1ccc2c(c1)oc1ccccc12)C(C)(C)c1ccccc1C4(C)C. The van der Waals surface area contributed by atoms with Crippen LogP contribution in [-0.4, -0.2) is 12.3 Å². The number of furan rings is 1. The number of rotatable bonds is 3. The normalized spacial score (nSPS) is 22.1. The van der Waals surface area contributed by atoms with Gasteiger partial charge in [-0.25, -0.2) is 0 Å². The topological polar surface area (TPSA) is 22.9 Å². The number of nitrogens with zero attached hydrogens (tertiary/aromatic N) is 3. The molecule has 1 aromatic heterocycles. The summed E-state index contributed by atoms with van der Waals surface area (Å²) in [5.74, 6) is 0. The van der Waals surface area contributed by atoms with Crippen LogP contribution >= 0.6 is 0 Å². The summed E-state index contributed by atoms with van der Waals surface area (Å²) in [6.45, 7) is 36.7. The van der Waals surface area contributed by atoms with Crippen LogP contribution in [0.25, 0.3) is 21.9 Å². The van der Waals surface area contributed by atoms with Crippen LogP contribution < -0.4 is 31.1 Å². The van der Waals surface area contributed by atoms with Gasteiger partial charge in [0.2, 0.25) is 0 Å². The van der Waals surface area contributed by atoms with Gasteiger partial charge >= 0.3 is 0 Å². The molecule has 5 heteroatoms. The average molecular weight is 1060 g/mol. The molecular formula is C76H80BN3O. The zero-order valence-electron chi connectivity index (χ0n) is 50.8. The van der Waals surface area contributed by atoms with Gasteiger partial charge in [-0.3, -0.25) is 0 Å². The van der Waals surface area contributed by atoms with E-state index in [0.29, 0.717) is 0 Å². The second-order valence-electron chi connectivity index (χ2n) is 29.7. The molecule has 6 aliphatic rings. The van der Waals surface area contributed by atoms with Gasteiger partial charge in [-0.2, -0.15) is 0 Å². The van der Waals surface area contributed by atoms with Crippen LogP contribution in [0.15, 0.2) is 144 Å². The first-order chi connectivity index (χ1) is 38.3.